The average molecular weight is 502 g/mol. The Morgan fingerprint density at radius 3 is 2.40 bits per heavy atom. The zero-order valence-electron chi connectivity index (χ0n) is 19.3. The number of thioether (sulfide) groups is 1. The molecule has 9 heteroatoms. The van der Waals surface area contributed by atoms with E-state index in [0.717, 1.165) is 11.1 Å². The van der Waals surface area contributed by atoms with Crippen molar-refractivity contribution in [2.24, 2.45) is 0 Å². The third-order valence-corrected chi connectivity index (χ3v) is 5.94. The first-order valence-corrected chi connectivity index (χ1v) is 11.9. The molecule has 0 spiro atoms. The van der Waals surface area contributed by atoms with E-state index >= 15 is 0 Å². The van der Waals surface area contributed by atoms with Crippen LogP contribution < -0.4 is 4.74 Å². The number of halogens is 2. The molecule has 1 N–H and O–H groups in total. The van der Waals surface area contributed by atoms with Crippen molar-refractivity contribution in [3.05, 3.63) is 83.4 Å². The van der Waals surface area contributed by atoms with Crippen molar-refractivity contribution in [1.82, 2.24) is 4.90 Å². The molecule has 0 bridgehead atoms. The van der Waals surface area contributed by atoms with Crippen LogP contribution in [0.15, 0.2) is 65.6 Å². The molecular formula is C26H25F2NO5S. The van der Waals surface area contributed by atoms with Crippen LogP contribution in [-0.2, 0) is 16.1 Å². The van der Waals surface area contributed by atoms with Crippen molar-refractivity contribution in [1.29, 1.82) is 0 Å². The highest BCUT2D eigenvalue weighted by Crippen LogP contribution is 2.33. The van der Waals surface area contributed by atoms with Crippen LogP contribution in [0.1, 0.15) is 15.9 Å². The fraction of sp³-hybridized carbons (Fsp3) is 0.231. The minimum Gasteiger partial charge on any atom is -0.489 e. The molecule has 0 radical (unpaired) electrons. The van der Waals surface area contributed by atoms with Gasteiger partial charge in [-0.05, 0) is 59.3 Å². The number of carbonyl (C=O) groups is 2. The van der Waals surface area contributed by atoms with Crippen LogP contribution in [0, 0.1) is 11.6 Å². The van der Waals surface area contributed by atoms with Gasteiger partial charge in [-0.15, -0.1) is 11.8 Å². The third kappa shape index (κ3) is 7.03. The molecule has 3 aromatic carbocycles. The molecule has 0 atom stereocenters. The number of carboxylic acids is 1. The summed E-state index contributed by atoms with van der Waals surface area (Å²) in [5.74, 6) is -2.75. The summed E-state index contributed by atoms with van der Waals surface area (Å²) in [6.45, 7) is 0.135. The summed E-state index contributed by atoms with van der Waals surface area (Å²) in [5.41, 5.74) is 2.39. The van der Waals surface area contributed by atoms with Gasteiger partial charge in [0, 0.05) is 24.1 Å². The van der Waals surface area contributed by atoms with E-state index in [1.54, 1.807) is 54.8 Å². The lowest BCUT2D eigenvalue weighted by atomic mass is 10.1. The summed E-state index contributed by atoms with van der Waals surface area (Å²) in [4.78, 5) is 25.8. The van der Waals surface area contributed by atoms with Gasteiger partial charge in [0.2, 0.25) is 0 Å². The van der Waals surface area contributed by atoms with E-state index in [0.29, 0.717) is 21.8 Å². The number of nitrogens with zero attached hydrogens (tertiary/aromatic N) is 1. The van der Waals surface area contributed by atoms with Gasteiger partial charge in [0.1, 0.15) is 18.9 Å². The molecule has 1 amide bonds. The monoisotopic (exact) mass is 501 g/mol. The summed E-state index contributed by atoms with van der Waals surface area (Å²) in [7, 11) is 1.48. The topological polar surface area (TPSA) is 76.1 Å². The van der Waals surface area contributed by atoms with Gasteiger partial charge in [-0.25, -0.2) is 8.78 Å². The first kappa shape index (κ1) is 26.2. The summed E-state index contributed by atoms with van der Waals surface area (Å²) in [5, 5.41) is 9.10. The second-order valence-electron chi connectivity index (χ2n) is 7.59. The normalized spacial score (nSPS) is 10.7. The maximum absolute atomic E-state index is 13.8. The van der Waals surface area contributed by atoms with Crippen molar-refractivity contribution >= 4 is 23.6 Å². The number of carboxylic acid groups (broad SMARTS) is 1. The zero-order valence-corrected chi connectivity index (χ0v) is 20.1. The van der Waals surface area contributed by atoms with E-state index in [9.17, 15) is 18.4 Å². The molecule has 0 unspecified atom stereocenters. The van der Waals surface area contributed by atoms with E-state index in [4.69, 9.17) is 14.6 Å². The molecule has 35 heavy (non-hydrogen) atoms. The van der Waals surface area contributed by atoms with Crippen LogP contribution in [0.2, 0.25) is 0 Å². The predicted molar refractivity (Wildman–Crippen MR) is 130 cm³/mol. The van der Waals surface area contributed by atoms with Gasteiger partial charge in [-0.1, -0.05) is 24.3 Å². The molecule has 0 aliphatic heterocycles. The average Bonchev–Trinajstić information content (AvgIpc) is 2.86. The van der Waals surface area contributed by atoms with Crippen molar-refractivity contribution < 1.29 is 33.0 Å². The van der Waals surface area contributed by atoms with Crippen LogP contribution in [0.4, 0.5) is 8.78 Å². The fourth-order valence-electron chi connectivity index (χ4n) is 3.41. The Kier molecular flexibility index (Phi) is 9.22. The Balaban J connectivity index is 1.69. The van der Waals surface area contributed by atoms with E-state index in [2.05, 4.69) is 0 Å². The Bertz CT molecular complexity index is 1190. The molecule has 0 aliphatic carbocycles. The Morgan fingerprint density at radius 1 is 1.03 bits per heavy atom. The van der Waals surface area contributed by atoms with Gasteiger partial charge < -0.3 is 19.5 Å². The molecule has 0 aliphatic rings. The molecule has 3 rings (SSSR count). The lowest BCUT2D eigenvalue weighted by molar-refractivity contribution is -0.137. The number of amides is 1. The maximum atomic E-state index is 13.8. The van der Waals surface area contributed by atoms with Gasteiger partial charge in [0.05, 0.1) is 6.61 Å². The first-order valence-electron chi connectivity index (χ1n) is 10.7. The van der Waals surface area contributed by atoms with E-state index in [-0.39, 0.29) is 19.8 Å². The SMILES string of the molecule is COCCN(CC(=O)O)C(=O)c1cccc(COc2ccc(-c3cc(F)c(F)cc3SC)cc2)c1. The Hall–Kier alpha value is -3.43. The molecule has 0 saturated carbocycles. The van der Waals surface area contributed by atoms with Gasteiger partial charge in [0.15, 0.2) is 11.6 Å². The highest BCUT2D eigenvalue weighted by molar-refractivity contribution is 7.98. The molecule has 0 saturated heterocycles. The van der Waals surface area contributed by atoms with Crippen LogP contribution in [-0.4, -0.2) is 54.9 Å². The Morgan fingerprint density at radius 2 is 1.74 bits per heavy atom. The molecule has 184 valence electrons. The number of hydrogen-bond acceptors (Lipinski definition) is 5. The quantitative estimate of drug-likeness (QED) is 0.368. The number of carbonyl (C=O) groups excluding carboxylic acids is 1. The van der Waals surface area contributed by atoms with Gasteiger partial charge >= 0.3 is 5.97 Å². The highest BCUT2D eigenvalue weighted by Gasteiger charge is 2.19. The third-order valence-electron chi connectivity index (χ3n) is 5.17. The van der Waals surface area contributed by atoms with E-state index in [1.165, 1.54) is 35.9 Å². The number of hydrogen-bond donors (Lipinski definition) is 1. The minimum absolute atomic E-state index is 0.158. The molecular weight excluding hydrogens is 476 g/mol. The number of methoxy groups -OCH3 is 1. The fourth-order valence-corrected chi connectivity index (χ4v) is 4.03. The maximum Gasteiger partial charge on any atom is 0.323 e. The van der Waals surface area contributed by atoms with Crippen molar-refractivity contribution in [3.8, 4) is 16.9 Å². The summed E-state index contributed by atoms with van der Waals surface area (Å²) < 4.78 is 38.1. The van der Waals surface area contributed by atoms with Gasteiger partial charge in [-0.3, -0.25) is 9.59 Å². The van der Waals surface area contributed by atoms with Gasteiger partial charge in [0.25, 0.3) is 5.91 Å². The van der Waals surface area contributed by atoms with Crippen LogP contribution >= 0.6 is 11.8 Å². The minimum atomic E-state index is -1.11. The molecule has 6 nitrogen and oxygen atoms in total. The lowest BCUT2D eigenvalue weighted by Gasteiger charge is -2.20. The molecule has 3 aromatic rings. The smallest absolute Gasteiger partial charge is 0.323 e. The van der Waals surface area contributed by atoms with Crippen LogP contribution in [0.25, 0.3) is 11.1 Å². The predicted octanol–water partition coefficient (Wildman–Crippen LogP) is 5.11. The van der Waals surface area contributed by atoms with Crippen molar-refractivity contribution in [2.45, 2.75) is 11.5 Å². The second-order valence-corrected chi connectivity index (χ2v) is 8.44. The number of ether oxygens (including phenoxy) is 2. The number of benzene rings is 3. The Labute approximate surface area is 206 Å². The standard InChI is InChI=1S/C26H25F2NO5S/c1-33-11-10-29(15-25(30)31)26(32)19-5-3-4-17(12-19)16-34-20-8-6-18(7-9-20)21-13-22(27)23(28)14-24(21)35-2/h3-9,12-14H,10-11,15-16H2,1-2H3,(H,30,31). The lowest BCUT2D eigenvalue weighted by Crippen LogP contribution is -2.38. The molecule has 0 heterocycles. The summed E-state index contributed by atoms with van der Waals surface area (Å²) >= 11 is 1.33. The molecule has 0 aromatic heterocycles. The van der Waals surface area contributed by atoms with E-state index in [1.807, 2.05) is 0 Å². The second kappa shape index (κ2) is 12.3. The van der Waals surface area contributed by atoms with Crippen LogP contribution in [0.3, 0.4) is 0 Å². The van der Waals surface area contributed by atoms with Gasteiger partial charge in [-0.2, -0.15) is 0 Å². The highest BCUT2D eigenvalue weighted by atomic mass is 32.2. The number of aliphatic carboxylic acids is 1. The number of rotatable bonds is 11. The molecule has 0 fully saturated rings. The van der Waals surface area contributed by atoms with Crippen LogP contribution in [0.5, 0.6) is 5.75 Å². The van der Waals surface area contributed by atoms with E-state index < -0.39 is 30.1 Å². The summed E-state index contributed by atoms with van der Waals surface area (Å²) in [6, 6.07) is 16.1. The summed E-state index contributed by atoms with van der Waals surface area (Å²) in [6.07, 6.45) is 1.80. The largest absolute Gasteiger partial charge is 0.489 e. The zero-order chi connectivity index (χ0) is 25.4. The first-order chi connectivity index (χ1) is 16.8. The van der Waals surface area contributed by atoms with Crippen molar-refractivity contribution in [3.63, 3.8) is 0 Å². The van der Waals surface area contributed by atoms with Crippen molar-refractivity contribution in [2.75, 3.05) is 33.1 Å².